The molecule has 0 fully saturated rings. The van der Waals surface area contributed by atoms with Gasteiger partial charge in [0.1, 0.15) is 5.75 Å². The smallest absolute Gasteiger partial charge is 0.305 e. The van der Waals surface area contributed by atoms with Crippen molar-refractivity contribution in [2.24, 2.45) is 4.99 Å². The van der Waals surface area contributed by atoms with Crippen LogP contribution in [-0.2, 0) is 9.53 Å². The molecule has 0 aliphatic carbocycles. The quantitative estimate of drug-likeness (QED) is 0.525. The molecule has 0 saturated heterocycles. The third kappa shape index (κ3) is 5.97. The maximum atomic E-state index is 13.8. The summed E-state index contributed by atoms with van der Waals surface area (Å²) in [5.41, 5.74) is 0.302. The van der Waals surface area contributed by atoms with Gasteiger partial charge in [-0.1, -0.05) is 11.6 Å². The van der Waals surface area contributed by atoms with Gasteiger partial charge in [-0.2, -0.15) is 8.78 Å². The average Bonchev–Trinajstić information content (AvgIpc) is 2.48. The summed E-state index contributed by atoms with van der Waals surface area (Å²) in [6.45, 7) is 1.89. The molecule has 0 atom stereocenters. The first-order valence-corrected chi connectivity index (χ1v) is 7.19. The minimum atomic E-state index is -3.28. The predicted molar refractivity (Wildman–Crippen MR) is 81.4 cm³/mol. The van der Waals surface area contributed by atoms with E-state index in [2.05, 4.69) is 9.73 Å². The summed E-state index contributed by atoms with van der Waals surface area (Å²) in [6, 6.07) is 6.25. The van der Waals surface area contributed by atoms with Crippen molar-refractivity contribution in [3.8, 4) is 5.75 Å². The van der Waals surface area contributed by atoms with Gasteiger partial charge in [0.25, 0.3) is 5.92 Å². The fourth-order valence-corrected chi connectivity index (χ4v) is 1.84. The number of carbonyl (C=O) groups is 1. The van der Waals surface area contributed by atoms with Crippen LogP contribution in [-0.4, -0.2) is 30.8 Å². The third-order valence-corrected chi connectivity index (χ3v) is 3.14. The van der Waals surface area contributed by atoms with Crippen molar-refractivity contribution >= 4 is 28.4 Å². The van der Waals surface area contributed by atoms with Gasteiger partial charge in [0.15, 0.2) is 5.17 Å². The standard InChI is InChI=1S/C15H18ClF2NO3/c1-3-22-13(20)5-4-10-15(17,18)14(16)19-11-6-8-12(21-2)9-7-11/h6-9H,3-5,10H2,1-2H3. The molecule has 0 N–H and O–H groups in total. The Morgan fingerprint density at radius 1 is 1.32 bits per heavy atom. The Hall–Kier alpha value is -1.69. The number of carbonyl (C=O) groups excluding carboxylic acids is 1. The molecule has 0 spiro atoms. The Bertz CT molecular complexity index is 518. The molecular weight excluding hydrogens is 316 g/mol. The summed E-state index contributed by atoms with van der Waals surface area (Å²) in [7, 11) is 1.50. The van der Waals surface area contributed by atoms with Crippen LogP contribution in [0.2, 0.25) is 0 Å². The highest BCUT2D eigenvalue weighted by Gasteiger charge is 2.34. The molecule has 0 heterocycles. The van der Waals surface area contributed by atoms with Crippen molar-refractivity contribution < 1.29 is 23.0 Å². The first kappa shape index (κ1) is 18.4. The topological polar surface area (TPSA) is 47.9 Å². The maximum Gasteiger partial charge on any atom is 0.305 e. The SMILES string of the molecule is CCOC(=O)CCCC(F)(F)C(Cl)=Nc1ccc(OC)cc1. The number of ether oxygens (including phenoxy) is 2. The van der Waals surface area contributed by atoms with Crippen LogP contribution in [0.5, 0.6) is 5.75 Å². The van der Waals surface area contributed by atoms with Gasteiger partial charge in [-0.3, -0.25) is 4.79 Å². The third-order valence-electron chi connectivity index (χ3n) is 2.78. The van der Waals surface area contributed by atoms with Gasteiger partial charge >= 0.3 is 5.97 Å². The number of hydrogen-bond donors (Lipinski definition) is 0. The highest BCUT2D eigenvalue weighted by molar-refractivity contribution is 6.67. The van der Waals surface area contributed by atoms with E-state index in [9.17, 15) is 13.6 Å². The van der Waals surface area contributed by atoms with Crippen LogP contribution < -0.4 is 4.74 Å². The van der Waals surface area contributed by atoms with Crippen LogP contribution in [0, 0.1) is 0 Å². The minimum Gasteiger partial charge on any atom is -0.497 e. The predicted octanol–water partition coefficient (Wildman–Crippen LogP) is 4.33. The summed E-state index contributed by atoms with van der Waals surface area (Å²) >= 11 is 5.61. The molecule has 0 unspecified atom stereocenters. The van der Waals surface area contributed by atoms with Gasteiger partial charge < -0.3 is 9.47 Å². The van der Waals surface area contributed by atoms with Crippen LogP contribution in [0.4, 0.5) is 14.5 Å². The zero-order valence-corrected chi connectivity index (χ0v) is 13.2. The monoisotopic (exact) mass is 333 g/mol. The summed E-state index contributed by atoms with van der Waals surface area (Å²) in [4.78, 5) is 14.8. The van der Waals surface area contributed by atoms with Crippen molar-refractivity contribution in [3.63, 3.8) is 0 Å². The second-order valence-corrected chi connectivity index (χ2v) is 4.82. The Morgan fingerprint density at radius 2 is 1.95 bits per heavy atom. The van der Waals surface area contributed by atoms with Crippen molar-refractivity contribution in [1.29, 1.82) is 0 Å². The summed E-state index contributed by atoms with van der Waals surface area (Å²) in [5, 5.41) is -0.804. The van der Waals surface area contributed by atoms with Gasteiger partial charge in [-0.25, -0.2) is 4.99 Å². The van der Waals surface area contributed by atoms with E-state index >= 15 is 0 Å². The molecule has 1 aromatic rings. The van der Waals surface area contributed by atoms with E-state index in [0.717, 1.165) is 0 Å². The first-order chi connectivity index (χ1) is 10.4. The molecule has 7 heteroatoms. The highest BCUT2D eigenvalue weighted by Crippen LogP contribution is 2.28. The van der Waals surface area contributed by atoms with Crippen LogP contribution in [0.3, 0.4) is 0 Å². The molecule has 0 bridgehead atoms. The van der Waals surface area contributed by atoms with E-state index < -0.39 is 23.5 Å². The molecule has 0 aliphatic rings. The van der Waals surface area contributed by atoms with Crippen LogP contribution in [0.1, 0.15) is 26.2 Å². The fourth-order valence-electron chi connectivity index (χ4n) is 1.64. The van der Waals surface area contributed by atoms with Crippen LogP contribution >= 0.6 is 11.6 Å². The zero-order chi connectivity index (χ0) is 16.6. The van der Waals surface area contributed by atoms with Gasteiger partial charge in [0.05, 0.1) is 19.4 Å². The van der Waals surface area contributed by atoms with E-state index in [0.29, 0.717) is 11.4 Å². The van der Waals surface area contributed by atoms with E-state index in [1.165, 1.54) is 19.2 Å². The fraction of sp³-hybridized carbons (Fsp3) is 0.467. The largest absolute Gasteiger partial charge is 0.497 e. The number of aliphatic imine (C=N–C) groups is 1. The zero-order valence-electron chi connectivity index (χ0n) is 12.4. The molecular formula is C15H18ClF2NO3. The van der Waals surface area contributed by atoms with Crippen LogP contribution in [0.25, 0.3) is 0 Å². The van der Waals surface area contributed by atoms with Gasteiger partial charge in [-0.05, 0) is 37.6 Å². The van der Waals surface area contributed by atoms with Crippen molar-refractivity contribution in [2.45, 2.75) is 32.1 Å². The molecule has 1 rings (SSSR count). The maximum absolute atomic E-state index is 13.8. The summed E-state index contributed by atoms with van der Waals surface area (Å²) in [6.07, 6.45) is -0.666. The molecule has 0 aliphatic heterocycles. The van der Waals surface area contributed by atoms with Crippen molar-refractivity contribution in [3.05, 3.63) is 24.3 Å². The van der Waals surface area contributed by atoms with Crippen molar-refractivity contribution in [1.82, 2.24) is 0 Å². The normalized spacial score (nSPS) is 12.1. The number of hydrogen-bond acceptors (Lipinski definition) is 4. The highest BCUT2D eigenvalue weighted by atomic mass is 35.5. The number of benzene rings is 1. The molecule has 0 amide bonds. The number of rotatable bonds is 8. The number of halogens is 3. The first-order valence-electron chi connectivity index (χ1n) is 6.81. The van der Waals surface area contributed by atoms with E-state index in [4.69, 9.17) is 16.3 Å². The molecule has 1 aromatic carbocycles. The van der Waals surface area contributed by atoms with Gasteiger partial charge in [0, 0.05) is 12.8 Å². The molecule has 122 valence electrons. The second-order valence-electron chi connectivity index (χ2n) is 4.46. The molecule has 22 heavy (non-hydrogen) atoms. The Labute approximate surface area is 133 Å². The lowest BCUT2D eigenvalue weighted by Gasteiger charge is -2.14. The number of alkyl halides is 2. The van der Waals surface area contributed by atoms with Crippen LogP contribution in [0.15, 0.2) is 29.3 Å². The van der Waals surface area contributed by atoms with Gasteiger partial charge in [-0.15, -0.1) is 0 Å². The number of esters is 1. The lowest BCUT2D eigenvalue weighted by atomic mass is 10.1. The average molecular weight is 334 g/mol. The second kappa shape index (κ2) is 8.68. The lowest BCUT2D eigenvalue weighted by Crippen LogP contribution is -2.24. The van der Waals surface area contributed by atoms with E-state index in [1.54, 1.807) is 19.1 Å². The number of methoxy groups -OCH3 is 1. The van der Waals surface area contributed by atoms with E-state index in [-0.39, 0.29) is 19.4 Å². The Kier molecular flexibility index (Phi) is 7.24. The van der Waals surface area contributed by atoms with Crippen molar-refractivity contribution in [2.75, 3.05) is 13.7 Å². The lowest BCUT2D eigenvalue weighted by molar-refractivity contribution is -0.143. The van der Waals surface area contributed by atoms with Gasteiger partial charge in [0.2, 0.25) is 0 Å². The molecule has 4 nitrogen and oxygen atoms in total. The van der Waals surface area contributed by atoms with E-state index in [1.807, 2.05) is 0 Å². The molecule has 0 radical (unpaired) electrons. The molecule has 0 aromatic heterocycles. The Balaban J connectivity index is 2.61. The number of nitrogens with zero attached hydrogens (tertiary/aromatic N) is 1. The minimum absolute atomic E-state index is 0.0276. The molecule has 0 saturated carbocycles. The summed E-state index contributed by atoms with van der Waals surface area (Å²) < 4.78 is 37.3. The Morgan fingerprint density at radius 3 is 2.50 bits per heavy atom. The summed E-state index contributed by atoms with van der Waals surface area (Å²) in [5.74, 6) is -3.19.